The molecule has 0 aliphatic rings. The zero-order valence-corrected chi connectivity index (χ0v) is 17.5. The number of nitrogens with zero attached hydrogens (tertiary/aromatic N) is 1. The SMILES string of the molecule is CC[C@@H](C(=O)NC)N(Cc1ccccc1Cl)C(=O)COc1ccc(C)cc1C. The van der Waals surface area contributed by atoms with Gasteiger partial charge in [0.25, 0.3) is 5.91 Å². The van der Waals surface area contributed by atoms with Crippen LogP contribution in [-0.4, -0.2) is 36.4 Å². The summed E-state index contributed by atoms with van der Waals surface area (Å²) in [6.07, 6.45) is 0.486. The van der Waals surface area contributed by atoms with Crippen LogP contribution in [0.1, 0.15) is 30.0 Å². The van der Waals surface area contributed by atoms with Gasteiger partial charge in [-0.15, -0.1) is 0 Å². The number of rotatable bonds is 8. The van der Waals surface area contributed by atoms with Crippen molar-refractivity contribution in [2.45, 2.75) is 39.8 Å². The fourth-order valence-corrected chi connectivity index (χ4v) is 3.28. The molecule has 0 bridgehead atoms. The van der Waals surface area contributed by atoms with Crippen LogP contribution in [0, 0.1) is 13.8 Å². The standard InChI is InChI=1S/C22H27ClN2O3/c1-5-19(22(27)24-4)25(13-17-8-6-7-9-18(17)23)21(26)14-28-20-11-10-15(2)12-16(20)3/h6-12,19H,5,13-14H2,1-4H3,(H,24,27)/t19-/m0/s1. The minimum Gasteiger partial charge on any atom is -0.483 e. The van der Waals surface area contributed by atoms with Crippen LogP contribution in [0.4, 0.5) is 0 Å². The Kier molecular flexibility index (Phi) is 7.88. The molecule has 2 rings (SSSR count). The van der Waals surface area contributed by atoms with E-state index in [1.807, 2.05) is 57.2 Å². The molecular formula is C22H27ClN2O3. The average molecular weight is 403 g/mol. The second-order valence-electron chi connectivity index (χ2n) is 6.71. The fourth-order valence-electron chi connectivity index (χ4n) is 3.08. The molecule has 0 radical (unpaired) electrons. The molecule has 0 aliphatic heterocycles. The number of aryl methyl sites for hydroxylation is 2. The number of benzene rings is 2. The van der Waals surface area contributed by atoms with E-state index in [4.69, 9.17) is 16.3 Å². The summed E-state index contributed by atoms with van der Waals surface area (Å²) in [4.78, 5) is 26.9. The predicted molar refractivity (Wildman–Crippen MR) is 112 cm³/mol. The Labute approximate surface area is 171 Å². The van der Waals surface area contributed by atoms with Gasteiger partial charge >= 0.3 is 0 Å². The molecule has 2 aromatic carbocycles. The molecule has 1 N–H and O–H groups in total. The van der Waals surface area contributed by atoms with E-state index in [0.717, 1.165) is 16.7 Å². The van der Waals surface area contributed by atoms with Crippen molar-refractivity contribution < 1.29 is 14.3 Å². The zero-order valence-electron chi connectivity index (χ0n) is 16.8. The Morgan fingerprint density at radius 1 is 1.18 bits per heavy atom. The number of carbonyl (C=O) groups is 2. The molecule has 1 atom stereocenters. The molecule has 0 fully saturated rings. The first-order chi connectivity index (χ1) is 13.4. The largest absolute Gasteiger partial charge is 0.483 e. The number of hydrogen-bond acceptors (Lipinski definition) is 3. The molecular weight excluding hydrogens is 376 g/mol. The van der Waals surface area contributed by atoms with E-state index in [9.17, 15) is 9.59 Å². The summed E-state index contributed by atoms with van der Waals surface area (Å²) in [7, 11) is 1.56. The number of carbonyl (C=O) groups excluding carboxylic acids is 2. The highest BCUT2D eigenvalue weighted by Gasteiger charge is 2.28. The molecule has 6 heteroatoms. The van der Waals surface area contributed by atoms with Crippen molar-refractivity contribution in [2.75, 3.05) is 13.7 Å². The van der Waals surface area contributed by atoms with Crippen molar-refractivity contribution >= 4 is 23.4 Å². The highest BCUT2D eigenvalue weighted by molar-refractivity contribution is 6.31. The van der Waals surface area contributed by atoms with Gasteiger partial charge < -0.3 is 15.0 Å². The molecule has 0 aliphatic carbocycles. The fraction of sp³-hybridized carbons (Fsp3) is 0.364. The highest BCUT2D eigenvalue weighted by atomic mass is 35.5. The molecule has 150 valence electrons. The van der Waals surface area contributed by atoms with E-state index >= 15 is 0 Å². The lowest BCUT2D eigenvalue weighted by Gasteiger charge is -2.30. The van der Waals surface area contributed by atoms with E-state index in [2.05, 4.69) is 5.32 Å². The second kappa shape index (κ2) is 10.1. The van der Waals surface area contributed by atoms with Crippen LogP contribution in [0.5, 0.6) is 5.75 Å². The first kappa shape index (κ1) is 21.8. The maximum Gasteiger partial charge on any atom is 0.261 e. The lowest BCUT2D eigenvalue weighted by molar-refractivity contribution is -0.142. The molecule has 0 aromatic heterocycles. The Hall–Kier alpha value is -2.53. The average Bonchev–Trinajstić information content (AvgIpc) is 2.68. The van der Waals surface area contributed by atoms with E-state index < -0.39 is 6.04 Å². The number of nitrogens with one attached hydrogen (secondary N) is 1. The van der Waals surface area contributed by atoms with Crippen LogP contribution in [0.15, 0.2) is 42.5 Å². The molecule has 28 heavy (non-hydrogen) atoms. The Balaban J connectivity index is 2.22. The van der Waals surface area contributed by atoms with Gasteiger partial charge in [-0.1, -0.05) is 54.4 Å². The quantitative estimate of drug-likeness (QED) is 0.728. The zero-order chi connectivity index (χ0) is 20.7. The Morgan fingerprint density at radius 3 is 2.50 bits per heavy atom. The van der Waals surface area contributed by atoms with Gasteiger partial charge in [-0.2, -0.15) is 0 Å². The summed E-state index contributed by atoms with van der Waals surface area (Å²) in [6, 6.07) is 12.5. The van der Waals surface area contributed by atoms with E-state index in [0.29, 0.717) is 17.2 Å². The first-order valence-electron chi connectivity index (χ1n) is 9.31. The molecule has 2 amide bonds. The molecule has 0 heterocycles. The third-order valence-electron chi connectivity index (χ3n) is 4.61. The molecule has 0 unspecified atom stereocenters. The van der Waals surface area contributed by atoms with Crippen molar-refractivity contribution in [3.05, 3.63) is 64.2 Å². The van der Waals surface area contributed by atoms with Crippen LogP contribution < -0.4 is 10.1 Å². The summed E-state index contributed by atoms with van der Waals surface area (Å²) in [6.45, 7) is 5.90. The Morgan fingerprint density at radius 2 is 1.89 bits per heavy atom. The highest BCUT2D eigenvalue weighted by Crippen LogP contribution is 2.21. The lowest BCUT2D eigenvalue weighted by Crippen LogP contribution is -2.49. The van der Waals surface area contributed by atoms with Crippen molar-refractivity contribution in [1.29, 1.82) is 0 Å². The maximum absolute atomic E-state index is 13.0. The van der Waals surface area contributed by atoms with Gasteiger partial charge in [-0.25, -0.2) is 0 Å². The third-order valence-corrected chi connectivity index (χ3v) is 4.98. The van der Waals surface area contributed by atoms with Gasteiger partial charge in [-0.3, -0.25) is 9.59 Å². The molecule has 2 aromatic rings. The summed E-state index contributed by atoms with van der Waals surface area (Å²) >= 11 is 6.27. The van der Waals surface area contributed by atoms with Crippen molar-refractivity contribution in [2.24, 2.45) is 0 Å². The van der Waals surface area contributed by atoms with Crippen molar-refractivity contribution in [1.82, 2.24) is 10.2 Å². The number of hydrogen-bond donors (Lipinski definition) is 1. The van der Waals surface area contributed by atoms with Crippen molar-refractivity contribution in [3.8, 4) is 5.75 Å². The molecule has 5 nitrogen and oxygen atoms in total. The number of likely N-dealkylation sites (N-methyl/N-ethyl adjacent to an activating group) is 1. The van der Waals surface area contributed by atoms with Gasteiger partial charge in [0.05, 0.1) is 0 Å². The number of ether oxygens (including phenoxy) is 1. The molecule has 0 saturated heterocycles. The molecule has 0 spiro atoms. The number of halogens is 1. The third kappa shape index (κ3) is 5.49. The van der Waals surface area contributed by atoms with Gasteiger partial charge in [0.15, 0.2) is 6.61 Å². The minimum absolute atomic E-state index is 0.151. The normalized spacial score (nSPS) is 11.6. The van der Waals surface area contributed by atoms with Crippen LogP contribution in [0.25, 0.3) is 0 Å². The van der Waals surface area contributed by atoms with Crippen LogP contribution in [0.3, 0.4) is 0 Å². The molecule has 0 saturated carbocycles. The van der Waals surface area contributed by atoms with E-state index in [1.54, 1.807) is 13.1 Å². The van der Waals surface area contributed by atoms with Gasteiger partial charge in [-0.05, 0) is 43.5 Å². The van der Waals surface area contributed by atoms with E-state index in [-0.39, 0.29) is 25.0 Å². The first-order valence-corrected chi connectivity index (χ1v) is 9.69. The van der Waals surface area contributed by atoms with Crippen LogP contribution in [0.2, 0.25) is 5.02 Å². The maximum atomic E-state index is 13.0. The van der Waals surface area contributed by atoms with E-state index in [1.165, 1.54) is 4.90 Å². The van der Waals surface area contributed by atoms with Crippen LogP contribution in [-0.2, 0) is 16.1 Å². The van der Waals surface area contributed by atoms with Gasteiger partial charge in [0, 0.05) is 18.6 Å². The second-order valence-corrected chi connectivity index (χ2v) is 7.12. The minimum atomic E-state index is -0.600. The topological polar surface area (TPSA) is 58.6 Å². The smallest absolute Gasteiger partial charge is 0.261 e. The van der Waals surface area contributed by atoms with Gasteiger partial charge in [0.1, 0.15) is 11.8 Å². The van der Waals surface area contributed by atoms with Crippen molar-refractivity contribution in [3.63, 3.8) is 0 Å². The Bertz CT molecular complexity index is 838. The monoisotopic (exact) mass is 402 g/mol. The summed E-state index contributed by atoms with van der Waals surface area (Å²) in [5.74, 6) is 0.175. The summed E-state index contributed by atoms with van der Waals surface area (Å²) in [5.41, 5.74) is 2.87. The lowest BCUT2D eigenvalue weighted by atomic mass is 10.1. The summed E-state index contributed by atoms with van der Waals surface area (Å²) in [5, 5.41) is 3.19. The summed E-state index contributed by atoms with van der Waals surface area (Å²) < 4.78 is 5.75. The number of amides is 2. The van der Waals surface area contributed by atoms with Gasteiger partial charge in [0.2, 0.25) is 5.91 Å². The predicted octanol–water partition coefficient (Wildman–Crippen LogP) is 3.89. The van der Waals surface area contributed by atoms with Crippen LogP contribution >= 0.6 is 11.6 Å².